The average molecular weight is 160 g/mol. The van der Waals surface area contributed by atoms with Crippen LogP contribution in [-0.2, 0) is 4.74 Å². The van der Waals surface area contributed by atoms with Gasteiger partial charge in [-0.1, -0.05) is 30.3 Å². The minimum atomic E-state index is 0.888. The molecule has 0 radical (unpaired) electrons. The van der Waals surface area contributed by atoms with Gasteiger partial charge in [0.05, 0.1) is 12.4 Å². The van der Waals surface area contributed by atoms with Crippen molar-refractivity contribution in [1.29, 1.82) is 0 Å². The van der Waals surface area contributed by atoms with Crippen molar-refractivity contribution < 1.29 is 4.74 Å². The lowest BCUT2D eigenvalue weighted by Gasteiger charge is -1.97. The van der Waals surface area contributed by atoms with Crippen molar-refractivity contribution >= 4 is 6.08 Å². The molecule has 1 heterocycles. The second-order valence-electron chi connectivity index (χ2n) is 2.97. The van der Waals surface area contributed by atoms with E-state index in [2.05, 4.69) is 18.2 Å². The molecular formula is C11H12O. The maximum atomic E-state index is 5.42. The van der Waals surface area contributed by atoms with Crippen LogP contribution >= 0.6 is 0 Å². The topological polar surface area (TPSA) is 9.23 Å². The Hall–Kier alpha value is -1.24. The third-order valence-corrected chi connectivity index (χ3v) is 1.98. The fraction of sp³-hybridized carbons (Fsp3) is 0.273. The van der Waals surface area contributed by atoms with Gasteiger partial charge in [-0.15, -0.1) is 0 Å². The van der Waals surface area contributed by atoms with E-state index in [1.807, 2.05) is 18.2 Å². The van der Waals surface area contributed by atoms with Crippen LogP contribution in [0, 0.1) is 0 Å². The SMILES string of the molecule is C(=C1/CCCO1)/c1ccccc1. The molecule has 12 heavy (non-hydrogen) atoms. The molecule has 0 spiro atoms. The molecule has 0 atom stereocenters. The van der Waals surface area contributed by atoms with Gasteiger partial charge in [0.25, 0.3) is 0 Å². The minimum Gasteiger partial charge on any atom is -0.498 e. The summed E-state index contributed by atoms with van der Waals surface area (Å²) in [5.41, 5.74) is 1.23. The lowest BCUT2D eigenvalue weighted by molar-refractivity contribution is 0.266. The van der Waals surface area contributed by atoms with Crippen LogP contribution in [0.4, 0.5) is 0 Å². The van der Waals surface area contributed by atoms with E-state index in [1.54, 1.807) is 0 Å². The lowest BCUT2D eigenvalue weighted by atomic mass is 10.2. The van der Waals surface area contributed by atoms with E-state index in [9.17, 15) is 0 Å². The van der Waals surface area contributed by atoms with Gasteiger partial charge in [-0.25, -0.2) is 0 Å². The number of benzene rings is 1. The summed E-state index contributed by atoms with van der Waals surface area (Å²) in [6, 6.07) is 10.3. The first-order valence-electron chi connectivity index (χ1n) is 4.33. The first-order valence-corrected chi connectivity index (χ1v) is 4.33. The summed E-state index contributed by atoms with van der Waals surface area (Å²) in [4.78, 5) is 0. The van der Waals surface area contributed by atoms with Crippen LogP contribution in [0.1, 0.15) is 18.4 Å². The maximum Gasteiger partial charge on any atom is 0.0966 e. The van der Waals surface area contributed by atoms with Crippen molar-refractivity contribution in [2.75, 3.05) is 6.61 Å². The maximum absolute atomic E-state index is 5.42. The number of hydrogen-bond acceptors (Lipinski definition) is 1. The molecule has 1 aliphatic heterocycles. The van der Waals surface area contributed by atoms with Gasteiger partial charge >= 0.3 is 0 Å². The Morgan fingerprint density at radius 3 is 2.67 bits per heavy atom. The molecule has 2 rings (SSSR count). The molecule has 1 heteroatoms. The predicted octanol–water partition coefficient (Wildman–Crippen LogP) is 2.84. The van der Waals surface area contributed by atoms with Crippen molar-refractivity contribution in [2.24, 2.45) is 0 Å². The molecule has 1 aliphatic rings. The summed E-state index contributed by atoms with van der Waals surface area (Å²) < 4.78 is 5.42. The molecule has 0 saturated carbocycles. The van der Waals surface area contributed by atoms with Crippen molar-refractivity contribution in [3.8, 4) is 0 Å². The molecule has 0 aromatic heterocycles. The molecule has 62 valence electrons. The molecular weight excluding hydrogens is 148 g/mol. The van der Waals surface area contributed by atoms with Gasteiger partial charge in [-0.05, 0) is 18.1 Å². The number of ether oxygens (including phenoxy) is 1. The summed E-state index contributed by atoms with van der Waals surface area (Å²) >= 11 is 0. The molecule has 0 N–H and O–H groups in total. The Morgan fingerprint density at radius 1 is 1.17 bits per heavy atom. The van der Waals surface area contributed by atoms with Crippen LogP contribution in [0.5, 0.6) is 0 Å². The van der Waals surface area contributed by atoms with E-state index in [1.165, 1.54) is 12.0 Å². The highest BCUT2D eigenvalue weighted by molar-refractivity contribution is 5.51. The van der Waals surface area contributed by atoms with Crippen LogP contribution in [0.15, 0.2) is 36.1 Å². The van der Waals surface area contributed by atoms with Crippen LogP contribution in [0.3, 0.4) is 0 Å². The van der Waals surface area contributed by atoms with Crippen LogP contribution < -0.4 is 0 Å². The molecule has 0 aliphatic carbocycles. The van der Waals surface area contributed by atoms with Crippen LogP contribution in [0.2, 0.25) is 0 Å². The summed E-state index contributed by atoms with van der Waals surface area (Å²) in [5.74, 6) is 1.13. The normalized spacial score (nSPS) is 19.5. The molecule has 1 aromatic carbocycles. The summed E-state index contributed by atoms with van der Waals surface area (Å²) in [6.45, 7) is 0.888. The molecule has 0 bridgehead atoms. The van der Waals surface area contributed by atoms with Gasteiger partial charge in [0.2, 0.25) is 0 Å². The highest BCUT2D eigenvalue weighted by atomic mass is 16.5. The number of hydrogen-bond donors (Lipinski definition) is 0. The molecule has 1 aromatic rings. The molecule has 1 nitrogen and oxygen atoms in total. The first kappa shape index (κ1) is 7.41. The largest absolute Gasteiger partial charge is 0.498 e. The molecule has 0 amide bonds. The Morgan fingerprint density at radius 2 is 2.00 bits per heavy atom. The fourth-order valence-corrected chi connectivity index (χ4v) is 1.37. The zero-order chi connectivity index (χ0) is 8.23. The van der Waals surface area contributed by atoms with Gasteiger partial charge in [-0.3, -0.25) is 0 Å². The zero-order valence-electron chi connectivity index (χ0n) is 6.99. The van der Waals surface area contributed by atoms with Gasteiger partial charge in [0.15, 0.2) is 0 Å². The van der Waals surface area contributed by atoms with Crippen LogP contribution in [0.25, 0.3) is 6.08 Å². The third kappa shape index (κ3) is 1.67. The molecule has 1 saturated heterocycles. The summed E-state index contributed by atoms with van der Waals surface area (Å²) in [7, 11) is 0. The Balaban J connectivity index is 2.16. The van der Waals surface area contributed by atoms with E-state index in [4.69, 9.17) is 4.74 Å². The van der Waals surface area contributed by atoms with Gasteiger partial charge in [0.1, 0.15) is 0 Å². The first-order chi connectivity index (χ1) is 5.95. The van der Waals surface area contributed by atoms with Crippen molar-refractivity contribution in [3.05, 3.63) is 41.7 Å². The Bertz CT molecular complexity index is 266. The standard InChI is InChI=1S/C11H12O/c1-2-5-10(6-3-1)9-11-7-4-8-12-11/h1-3,5-6,9H,4,7-8H2/b11-9+. The second-order valence-corrected chi connectivity index (χ2v) is 2.97. The predicted molar refractivity (Wildman–Crippen MR) is 49.6 cm³/mol. The smallest absolute Gasteiger partial charge is 0.0966 e. The summed E-state index contributed by atoms with van der Waals surface area (Å²) in [6.07, 6.45) is 4.38. The van der Waals surface area contributed by atoms with Crippen molar-refractivity contribution in [3.63, 3.8) is 0 Å². The molecule has 0 unspecified atom stereocenters. The number of allylic oxidation sites excluding steroid dienone is 1. The summed E-state index contributed by atoms with van der Waals surface area (Å²) in [5, 5.41) is 0. The van der Waals surface area contributed by atoms with Gasteiger partial charge in [-0.2, -0.15) is 0 Å². The van der Waals surface area contributed by atoms with E-state index >= 15 is 0 Å². The van der Waals surface area contributed by atoms with Crippen molar-refractivity contribution in [1.82, 2.24) is 0 Å². The van der Waals surface area contributed by atoms with E-state index in [0.717, 1.165) is 18.8 Å². The second kappa shape index (κ2) is 3.44. The zero-order valence-corrected chi connectivity index (χ0v) is 6.99. The Labute approximate surface area is 72.7 Å². The van der Waals surface area contributed by atoms with Gasteiger partial charge < -0.3 is 4.74 Å². The highest BCUT2D eigenvalue weighted by Gasteiger charge is 2.06. The number of rotatable bonds is 1. The lowest BCUT2D eigenvalue weighted by Crippen LogP contribution is -1.78. The highest BCUT2D eigenvalue weighted by Crippen LogP contribution is 2.18. The van der Waals surface area contributed by atoms with Gasteiger partial charge in [0, 0.05) is 6.42 Å². The van der Waals surface area contributed by atoms with Crippen molar-refractivity contribution in [2.45, 2.75) is 12.8 Å². The quantitative estimate of drug-likeness (QED) is 0.613. The minimum absolute atomic E-state index is 0.888. The third-order valence-electron chi connectivity index (χ3n) is 1.98. The van der Waals surface area contributed by atoms with E-state index in [-0.39, 0.29) is 0 Å². The van der Waals surface area contributed by atoms with E-state index < -0.39 is 0 Å². The fourth-order valence-electron chi connectivity index (χ4n) is 1.37. The molecule has 1 fully saturated rings. The van der Waals surface area contributed by atoms with E-state index in [0.29, 0.717) is 0 Å². The Kier molecular flexibility index (Phi) is 2.12. The average Bonchev–Trinajstić information content (AvgIpc) is 2.59. The van der Waals surface area contributed by atoms with Crippen LogP contribution in [-0.4, -0.2) is 6.61 Å². The monoisotopic (exact) mass is 160 g/mol.